The molecule has 3 nitrogen and oxygen atoms in total. The first-order valence-electron chi connectivity index (χ1n) is 7.11. The quantitative estimate of drug-likeness (QED) is 0.777. The van der Waals surface area contributed by atoms with Crippen LogP contribution in [0.1, 0.15) is 50.9 Å². The molecule has 1 aromatic heterocycles. The van der Waals surface area contributed by atoms with Crippen molar-refractivity contribution >= 4 is 22.1 Å². The number of hydrogen-bond acceptors (Lipinski definition) is 2. The molecule has 0 aromatic carbocycles. The molecule has 102 valence electrons. The number of hydrogen-bond donors (Lipinski definition) is 0. The summed E-state index contributed by atoms with van der Waals surface area (Å²) < 4.78 is 9.46. The summed E-state index contributed by atoms with van der Waals surface area (Å²) in [6.45, 7) is 5.38. The van der Waals surface area contributed by atoms with E-state index in [1.807, 2.05) is 0 Å². The Hall–Kier alpha value is -0.0313. The molecular formula is C14H26N2OSn. The average Bonchev–Trinajstić information content (AvgIpc) is 2.74. The summed E-state index contributed by atoms with van der Waals surface area (Å²) in [6.07, 6.45) is 3.75. The monoisotopic (exact) mass is 358 g/mol. The second kappa shape index (κ2) is 5.53. The van der Waals surface area contributed by atoms with Crippen LogP contribution < -0.4 is 3.71 Å². The topological polar surface area (TPSA) is 27.1 Å². The molecule has 0 aliphatic carbocycles. The van der Waals surface area contributed by atoms with Gasteiger partial charge in [-0.3, -0.25) is 0 Å². The first-order chi connectivity index (χ1) is 8.39. The van der Waals surface area contributed by atoms with Gasteiger partial charge in [-0.1, -0.05) is 0 Å². The molecule has 18 heavy (non-hydrogen) atoms. The van der Waals surface area contributed by atoms with E-state index >= 15 is 0 Å². The van der Waals surface area contributed by atoms with Gasteiger partial charge in [-0.05, 0) is 0 Å². The summed E-state index contributed by atoms with van der Waals surface area (Å²) in [5, 5.41) is 4.91. The summed E-state index contributed by atoms with van der Waals surface area (Å²) in [5.41, 5.74) is 1.35. The summed E-state index contributed by atoms with van der Waals surface area (Å²) in [6, 6.07) is 2.35. The number of rotatable bonds is 3. The summed E-state index contributed by atoms with van der Waals surface area (Å²) >= 11 is -2.08. The minimum atomic E-state index is -2.08. The number of nitrogens with zero attached hydrogens (tertiary/aromatic N) is 2. The summed E-state index contributed by atoms with van der Waals surface area (Å²) in [5.74, 6) is 0.519. The maximum absolute atomic E-state index is 5.90. The molecule has 1 unspecified atom stereocenters. The Morgan fingerprint density at radius 1 is 1.33 bits per heavy atom. The van der Waals surface area contributed by atoms with Crippen LogP contribution in [0.4, 0.5) is 0 Å². The molecule has 4 heteroatoms. The van der Waals surface area contributed by atoms with Crippen LogP contribution in [0.2, 0.25) is 14.8 Å². The van der Waals surface area contributed by atoms with Crippen LogP contribution in [0.15, 0.2) is 6.07 Å². The van der Waals surface area contributed by atoms with Gasteiger partial charge in [0.25, 0.3) is 0 Å². The molecule has 0 saturated carbocycles. The first kappa shape index (κ1) is 14.4. The van der Waals surface area contributed by atoms with Crippen LogP contribution in [0, 0.1) is 0 Å². The zero-order valence-corrected chi connectivity index (χ0v) is 15.2. The van der Waals surface area contributed by atoms with E-state index < -0.39 is 18.4 Å². The predicted octanol–water partition coefficient (Wildman–Crippen LogP) is 3.25. The van der Waals surface area contributed by atoms with Gasteiger partial charge in [-0.15, -0.1) is 0 Å². The van der Waals surface area contributed by atoms with E-state index in [-0.39, 0.29) is 6.23 Å². The third-order valence-corrected chi connectivity index (χ3v) is 8.64. The Labute approximate surface area is 115 Å². The number of ether oxygens (including phenoxy) is 1. The summed E-state index contributed by atoms with van der Waals surface area (Å²) in [7, 11) is 0. The van der Waals surface area contributed by atoms with E-state index in [1.54, 1.807) is 0 Å². The van der Waals surface area contributed by atoms with Crippen LogP contribution in [-0.2, 0) is 4.74 Å². The van der Waals surface area contributed by atoms with Gasteiger partial charge in [-0.25, -0.2) is 0 Å². The minimum absolute atomic E-state index is 0.179. The molecule has 0 N–H and O–H groups in total. The van der Waals surface area contributed by atoms with Crippen LogP contribution in [0.25, 0.3) is 0 Å². The zero-order chi connectivity index (χ0) is 13.3. The molecule has 0 amide bonds. The molecular weight excluding hydrogens is 331 g/mol. The van der Waals surface area contributed by atoms with Crippen molar-refractivity contribution < 1.29 is 4.74 Å². The first-order valence-corrected chi connectivity index (χ1v) is 17.1. The van der Waals surface area contributed by atoms with Gasteiger partial charge < -0.3 is 0 Å². The Morgan fingerprint density at radius 3 is 2.56 bits per heavy atom. The Morgan fingerprint density at radius 2 is 2.06 bits per heavy atom. The molecule has 0 spiro atoms. The zero-order valence-electron chi connectivity index (χ0n) is 12.4. The maximum atomic E-state index is 5.90. The number of aromatic nitrogens is 2. The molecule has 1 fully saturated rings. The van der Waals surface area contributed by atoms with Gasteiger partial charge in [0.2, 0.25) is 0 Å². The fraction of sp³-hybridized carbons (Fsp3) is 0.786. The van der Waals surface area contributed by atoms with Gasteiger partial charge in [0, 0.05) is 0 Å². The van der Waals surface area contributed by atoms with E-state index in [0.29, 0.717) is 5.92 Å². The van der Waals surface area contributed by atoms with Crippen LogP contribution >= 0.6 is 0 Å². The van der Waals surface area contributed by atoms with Gasteiger partial charge in [0.05, 0.1) is 0 Å². The van der Waals surface area contributed by atoms with Crippen molar-refractivity contribution in [2.45, 2.75) is 60.1 Å². The third kappa shape index (κ3) is 3.10. The van der Waals surface area contributed by atoms with Gasteiger partial charge in [-0.2, -0.15) is 0 Å². The van der Waals surface area contributed by atoms with Gasteiger partial charge in [0.15, 0.2) is 0 Å². The van der Waals surface area contributed by atoms with Crippen molar-refractivity contribution in [2.24, 2.45) is 0 Å². The molecule has 0 bridgehead atoms. The Kier molecular flexibility index (Phi) is 4.42. The average molecular weight is 357 g/mol. The molecule has 1 aliphatic rings. The van der Waals surface area contributed by atoms with E-state index in [0.717, 1.165) is 13.0 Å². The normalized spacial score (nSPS) is 21.6. The Bertz CT molecular complexity index is 400. The SMILES string of the molecule is CC(C)c1c[c]([Sn]([CH3])([CH3])[CH3])nn1C1CCCCO1. The second-order valence-corrected chi connectivity index (χ2v) is 20.9. The standard InChI is InChI=1S/C11H17N2O.3CH3.Sn/c1-9(2)10-6-7-12-13(10)11-5-3-4-8-14-11;;;;/h6,9,11H,3-5,8H2,1-2H3;3*1H3;. The van der Waals surface area contributed by atoms with Crippen molar-refractivity contribution in [3.63, 3.8) is 0 Å². The summed E-state index contributed by atoms with van der Waals surface area (Å²) in [4.78, 5) is 7.27. The van der Waals surface area contributed by atoms with Crippen molar-refractivity contribution in [1.82, 2.24) is 9.78 Å². The van der Waals surface area contributed by atoms with Gasteiger partial charge >= 0.3 is 115 Å². The van der Waals surface area contributed by atoms with Gasteiger partial charge in [0.1, 0.15) is 0 Å². The molecule has 1 saturated heterocycles. The van der Waals surface area contributed by atoms with Crippen molar-refractivity contribution in [1.29, 1.82) is 0 Å². The van der Waals surface area contributed by atoms with E-state index in [1.165, 1.54) is 22.2 Å². The molecule has 1 atom stereocenters. The third-order valence-electron chi connectivity index (χ3n) is 3.55. The van der Waals surface area contributed by atoms with Crippen LogP contribution in [-0.4, -0.2) is 34.8 Å². The fourth-order valence-corrected chi connectivity index (χ4v) is 5.18. The molecule has 2 rings (SSSR count). The van der Waals surface area contributed by atoms with Crippen LogP contribution in [0.5, 0.6) is 0 Å². The van der Waals surface area contributed by atoms with Crippen LogP contribution in [0.3, 0.4) is 0 Å². The Balaban J connectivity index is 2.34. The molecule has 0 radical (unpaired) electrons. The molecule has 1 aliphatic heterocycles. The van der Waals surface area contributed by atoms with Crippen molar-refractivity contribution in [2.75, 3.05) is 6.61 Å². The fourth-order valence-electron chi connectivity index (χ4n) is 2.35. The van der Waals surface area contributed by atoms with Crippen molar-refractivity contribution in [3.05, 3.63) is 11.8 Å². The van der Waals surface area contributed by atoms with E-state index in [2.05, 4.69) is 39.4 Å². The second-order valence-electron chi connectivity index (χ2n) is 6.62. The molecule has 1 aromatic rings. The van der Waals surface area contributed by atoms with E-state index in [9.17, 15) is 0 Å². The van der Waals surface area contributed by atoms with E-state index in [4.69, 9.17) is 9.84 Å². The predicted molar refractivity (Wildman–Crippen MR) is 78.1 cm³/mol. The van der Waals surface area contributed by atoms with Crippen molar-refractivity contribution in [3.8, 4) is 0 Å². The molecule has 2 heterocycles.